The van der Waals surface area contributed by atoms with Gasteiger partial charge in [0, 0.05) is 11.3 Å². The molecule has 3 N–H and O–H groups in total. The van der Waals surface area contributed by atoms with Crippen molar-refractivity contribution in [2.24, 2.45) is 0 Å². The summed E-state index contributed by atoms with van der Waals surface area (Å²) >= 11 is 17.4. The van der Waals surface area contributed by atoms with E-state index in [0.717, 1.165) is 5.56 Å². The standard InChI is InChI=1S/C23H17Cl2N3O4S/c1-11-3-5-17-19(7-11)32-22(27-17)14-10-13(4-6-18(14)29)26-23(33)28-21(30)12-8-15(24)20(31-2)16(25)9-12/h3-10,29H,1-2H3,(H2,26,28,30,33). The van der Waals surface area contributed by atoms with E-state index in [0.29, 0.717) is 22.4 Å². The SMILES string of the molecule is COc1c(Cl)cc(C(=O)NC(=S)Nc2ccc(O)c(-c3nc4ccc(C)cc4o3)c2)cc1Cl. The molecular formula is C23H17Cl2N3O4S. The van der Waals surface area contributed by atoms with Crippen LogP contribution in [-0.4, -0.2) is 28.2 Å². The molecule has 0 atom stereocenters. The number of aromatic hydroxyl groups is 1. The number of hydrogen-bond donors (Lipinski definition) is 3. The Labute approximate surface area is 204 Å². The van der Waals surface area contributed by atoms with Gasteiger partial charge in [-0.25, -0.2) is 4.98 Å². The number of oxazole rings is 1. The van der Waals surface area contributed by atoms with E-state index < -0.39 is 5.91 Å². The highest BCUT2D eigenvalue weighted by atomic mass is 35.5. The molecule has 7 nitrogen and oxygen atoms in total. The Morgan fingerprint density at radius 2 is 1.85 bits per heavy atom. The number of ether oxygens (including phenoxy) is 1. The van der Waals surface area contributed by atoms with Crippen LogP contribution in [0.1, 0.15) is 15.9 Å². The fraction of sp³-hybridized carbons (Fsp3) is 0.0870. The fourth-order valence-electron chi connectivity index (χ4n) is 3.16. The zero-order valence-electron chi connectivity index (χ0n) is 17.4. The third-order valence-electron chi connectivity index (χ3n) is 4.72. The van der Waals surface area contributed by atoms with Crippen molar-refractivity contribution in [1.82, 2.24) is 10.3 Å². The number of thiocarbonyl (C=S) groups is 1. The number of phenols is 1. The van der Waals surface area contributed by atoms with Gasteiger partial charge in [0.25, 0.3) is 5.91 Å². The van der Waals surface area contributed by atoms with E-state index in [1.54, 1.807) is 12.1 Å². The summed E-state index contributed by atoms with van der Waals surface area (Å²) in [5.74, 6) is 0.0179. The Kier molecular flexibility index (Phi) is 6.42. The summed E-state index contributed by atoms with van der Waals surface area (Å²) in [5.41, 5.74) is 3.41. The first-order chi connectivity index (χ1) is 15.7. The monoisotopic (exact) mass is 501 g/mol. The number of nitrogens with zero attached hydrogens (tertiary/aromatic N) is 1. The van der Waals surface area contributed by atoms with E-state index in [4.69, 9.17) is 44.6 Å². The smallest absolute Gasteiger partial charge is 0.257 e. The Bertz CT molecular complexity index is 1380. The predicted octanol–water partition coefficient (Wildman–Crippen LogP) is 5.95. The van der Waals surface area contributed by atoms with Gasteiger partial charge in [0.2, 0.25) is 5.89 Å². The van der Waals surface area contributed by atoms with Gasteiger partial charge >= 0.3 is 0 Å². The summed E-state index contributed by atoms with van der Waals surface area (Å²) in [6.45, 7) is 1.95. The minimum Gasteiger partial charge on any atom is -0.507 e. The molecule has 4 aromatic rings. The van der Waals surface area contributed by atoms with Crippen LogP contribution in [0.5, 0.6) is 11.5 Å². The molecule has 0 aliphatic rings. The zero-order valence-corrected chi connectivity index (χ0v) is 19.7. The predicted molar refractivity (Wildman–Crippen MR) is 133 cm³/mol. The van der Waals surface area contributed by atoms with Crippen molar-refractivity contribution in [2.45, 2.75) is 6.92 Å². The third-order valence-corrected chi connectivity index (χ3v) is 5.49. The van der Waals surface area contributed by atoms with E-state index >= 15 is 0 Å². The number of halogens is 2. The van der Waals surface area contributed by atoms with E-state index in [2.05, 4.69) is 15.6 Å². The average Bonchev–Trinajstić information content (AvgIpc) is 3.17. The Hall–Kier alpha value is -3.33. The van der Waals surface area contributed by atoms with Gasteiger partial charge in [0.05, 0.1) is 22.7 Å². The number of aryl methyl sites for hydroxylation is 1. The summed E-state index contributed by atoms with van der Waals surface area (Å²) in [6, 6.07) is 13.2. The van der Waals surface area contributed by atoms with Crippen LogP contribution < -0.4 is 15.4 Å². The number of carbonyl (C=O) groups excluding carboxylic acids is 1. The maximum absolute atomic E-state index is 12.6. The van der Waals surface area contributed by atoms with Gasteiger partial charge in [-0.15, -0.1) is 0 Å². The number of methoxy groups -OCH3 is 1. The summed E-state index contributed by atoms with van der Waals surface area (Å²) in [5, 5.41) is 16.2. The summed E-state index contributed by atoms with van der Waals surface area (Å²) in [4.78, 5) is 17.0. The van der Waals surface area contributed by atoms with E-state index in [1.807, 2.05) is 25.1 Å². The number of benzene rings is 3. The highest BCUT2D eigenvalue weighted by Gasteiger charge is 2.16. The van der Waals surface area contributed by atoms with Crippen molar-refractivity contribution in [3.05, 3.63) is 69.7 Å². The quantitative estimate of drug-likeness (QED) is 0.234. The lowest BCUT2D eigenvalue weighted by atomic mass is 10.1. The normalized spacial score (nSPS) is 10.8. The van der Waals surface area contributed by atoms with E-state index in [-0.39, 0.29) is 38.1 Å². The van der Waals surface area contributed by atoms with Crippen molar-refractivity contribution in [1.29, 1.82) is 0 Å². The van der Waals surface area contributed by atoms with Crippen LogP contribution in [0.2, 0.25) is 10.0 Å². The maximum atomic E-state index is 12.6. The molecule has 0 aliphatic heterocycles. The first-order valence-electron chi connectivity index (χ1n) is 9.61. The highest BCUT2D eigenvalue weighted by Crippen LogP contribution is 2.35. The molecular weight excluding hydrogens is 485 g/mol. The number of fused-ring (bicyclic) bond motifs is 1. The van der Waals surface area contributed by atoms with Crippen LogP contribution in [-0.2, 0) is 0 Å². The molecule has 0 saturated heterocycles. The van der Waals surface area contributed by atoms with Gasteiger partial charge in [0.15, 0.2) is 16.4 Å². The van der Waals surface area contributed by atoms with Crippen molar-refractivity contribution < 1.29 is 19.1 Å². The molecule has 0 unspecified atom stereocenters. The van der Waals surface area contributed by atoms with Gasteiger partial charge in [-0.1, -0.05) is 29.3 Å². The number of carbonyl (C=O) groups is 1. The fourth-order valence-corrected chi connectivity index (χ4v) is 4.01. The average molecular weight is 502 g/mol. The van der Waals surface area contributed by atoms with Gasteiger partial charge in [-0.05, 0) is 67.2 Å². The molecule has 3 aromatic carbocycles. The molecule has 0 spiro atoms. The van der Waals surface area contributed by atoms with Gasteiger partial charge in [-0.2, -0.15) is 0 Å². The van der Waals surface area contributed by atoms with Crippen molar-refractivity contribution in [3.63, 3.8) is 0 Å². The molecule has 0 fully saturated rings. The van der Waals surface area contributed by atoms with E-state index in [1.165, 1.54) is 25.3 Å². The molecule has 1 amide bonds. The molecule has 1 aromatic heterocycles. The first kappa shape index (κ1) is 22.8. The molecule has 0 bridgehead atoms. The first-order valence-corrected chi connectivity index (χ1v) is 10.8. The highest BCUT2D eigenvalue weighted by molar-refractivity contribution is 7.80. The number of hydrogen-bond acceptors (Lipinski definition) is 6. The number of anilines is 1. The lowest BCUT2D eigenvalue weighted by molar-refractivity contribution is 0.0977. The summed E-state index contributed by atoms with van der Waals surface area (Å²) in [6.07, 6.45) is 0. The van der Waals surface area contributed by atoms with Crippen LogP contribution in [0.25, 0.3) is 22.6 Å². The molecule has 10 heteroatoms. The molecule has 0 saturated carbocycles. The van der Waals surface area contributed by atoms with Gasteiger partial charge in [0.1, 0.15) is 11.3 Å². The molecule has 168 valence electrons. The second kappa shape index (κ2) is 9.27. The number of rotatable bonds is 4. The van der Waals surface area contributed by atoms with E-state index in [9.17, 15) is 9.90 Å². The van der Waals surface area contributed by atoms with Crippen LogP contribution in [0, 0.1) is 6.92 Å². The van der Waals surface area contributed by atoms with Crippen LogP contribution >= 0.6 is 35.4 Å². The summed E-state index contributed by atoms with van der Waals surface area (Å²) < 4.78 is 10.9. The second-order valence-electron chi connectivity index (χ2n) is 7.10. The topological polar surface area (TPSA) is 96.6 Å². The molecule has 4 rings (SSSR count). The Morgan fingerprint density at radius 3 is 2.55 bits per heavy atom. The second-order valence-corrected chi connectivity index (χ2v) is 8.33. The largest absolute Gasteiger partial charge is 0.507 e. The zero-order chi connectivity index (χ0) is 23.7. The van der Waals surface area contributed by atoms with Gasteiger partial charge < -0.3 is 19.6 Å². The van der Waals surface area contributed by atoms with Crippen LogP contribution in [0.15, 0.2) is 52.9 Å². The van der Waals surface area contributed by atoms with Crippen molar-refractivity contribution in [2.75, 3.05) is 12.4 Å². The minimum atomic E-state index is -0.507. The molecule has 0 aliphatic carbocycles. The molecule has 0 radical (unpaired) electrons. The molecule has 1 heterocycles. The number of phenolic OH excluding ortho intramolecular Hbond substituents is 1. The summed E-state index contributed by atoms with van der Waals surface area (Å²) in [7, 11) is 1.43. The van der Waals surface area contributed by atoms with Crippen molar-refractivity contribution in [3.8, 4) is 23.0 Å². The third kappa shape index (κ3) is 4.88. The maximum Gasteiger partial charge on any atom is 0.257 e. The Morgan fingerprint density at radius 1 is 1.12 bits per heavy atom. The Balaban J connectivity index is 1.52. The van der Waals surface area contributed by atoms with Crippen LogP contribution in [0.3, 0.4) is 0 Å². The molecule has 33 heavy (non-hydrogen) atoms. The van der Waals surface area contributed by atoms with Crippen LogP contribution in [0.4, 0.5) is 5.69 Å². The van der Waals surface area contributed by atoms with Gasteiger partial charge in [-0.3, -0.25) is 10.1 Å². The van der Waals surface area contributed by atoms with Crippen molar-refractivity contribution >= 4 is 63.2 Å². The lowest BCUT2D eigenvalue weighted by Gasteiger charge is -2.12. The lowest BCUT2D eigenvalue weighted by Crippen LogP contribution is -2.34. The number of nitrogens with one attached hydrogen (secondary N) is 2. The number of aromatic nitrogens is 1. The minimum absolute atomic E-state index is 0.0127. The number of amides is 1.